The Kier molecular flexibility index (Phi) is 8.39. The molecule has 5 rings (SSSR count). The molecule has 1 fully saturated rings. The van der Waals surface area contributed by atoms with E-state index in [0.717, 1.165) is 42.7 Å². The molecule has 0 spiro atoms. The largest absolute Gasteiger partial charge is 0.495 e. The summed E-state index contributed by atoms with van der Waals surface area (Å²) >= 11 is 0. The van der Waals surface area contributed by atoms with Crippen molar-refractivity contribution >= 4 is 17.5 Å². The molecule has 1 unspecified atom stereocenters. The molecule has 0 saturated carbocycles. The minimum atomic E-state index is -0.225. The number of nitrogens with one attached hydrogen (secondary N) is 1. The average molecular weight is 553 g/mol. The highest BCUT2D eigenvalue weighted by molar-refractivity contribution is 5.73. The first-order chi connectivity index (χ1) is 19.9. The Morgan fingerprint density at radius 2 is 1.90 bits per heavy atom. The van der Waals surface area contributed by atoms with Crippen molar-refractivity contribution in [3.8, 4) is 28.7 Å². The van der Waals surface area contributed by atoms with Gasteiger partial charge in [0.2, 0.25) is 11.9 Å². The van der Waals surface area contributed by atoms with Crippen molar-refractivity contribution in [3.05, 3.63) is 72.6 Å². The third-order valence-corrected chi connectivity index (χ3v) is 7.21. The van der Waals surface area contributed by atoms with Gasteiger partial charge in [0.1, 0.15) is 36.3 Å². The summed E-state index contributed by atoms with van der Waals surface area (Å²) in [5, 5.41) is 16.9. The number of ether oxygens (including phenoxy) is 2. The van der Waals surface area contributed by atoms with Crippen LogP contribution in [-0.4, -0.2) is 61.8 Å². The molecule has 1 aliphatic rings. The summed E-state index contributed by atoms with van der Waals surface area (Å²) in [5.74, 6) is 2.14. The van der Waals surface area contributed by atoms with Crippen LogP contribution in [0.25, 0.3) is 11.1 Å². The van der Waals surface area contributed by atoms with Gasteiger partial charge in [0, 0.05) is 38.0 Å². The predicted molar refractivity (Wildman–Crippen MR) is 153 cm³/mol. The number of methoxy groups -OCH3 is 1. The van der Waals surface area contributed by atoms with Crippen LogP contribution in [0.15, 0.2) is 61.4 Å². The molecule has 1 N–H and O–H groups in total. The van der Waals surface area contributed by atoms with E-state index >= 15 is 0 Å². The van der Waals surface area contributed by atoms with Crippen molar-refractivity contribution in [2.75, 3.05) is 25.5 Å². The van der Waals surface area contributed by atoms with Gasteiger partial charge in [-0.2, -0.15) is 10.4 Å². The molecule has 0 bridgehead atoms. The highest BCUT2D eigenvalue weighted by atomic mass is 16.5. The normalized spacial score (nSPS) is 14.2. The first-order valence-corrected chi connectivity index (χ1v) is 13.5. The number of likely N-dealkylation sites (tertiary alicyclic amines) is 1. The van der Waals surface area contributed by atoms with E-state index < -0.39 is 0 Å². The molecular weight excluding hydrogens is 520 g/mol. The van der Waals surface area contributed by atoms with Crippen LogP contribution in [0.2, 0.25) is 0 Å². The third kappa shape index (κ3) is 6.61. The van der Waals surface area contributed by atoms with E-state index in [0.29, 0.717) is 35.5 Å². The maximum atomic E-state index is 11.7. The monoisotopic (exact) mass is 552 g/mol. The Balaban J connectivity index is 1.27. The zero-order valence-corrected chi connectivity index (χ0v) is 23.3. The molecule has 2 aromatic heterocycles. The molecular formula is C30H32N8O3. The Hall–Kier alpha value is -4.98. The zero-order chi connectivity index (χ0) is 28.8. The number of hydrogen-bond donors (Lipinski definition) is 1. The Morgan fingerprint density at radius 3 is 2.56 bits per heavy atom. The van der Waals surface area contributed by atoms with Gasteiger partial charge >= 0.3 is 0 Å². The third-order valence-electron chi connectivity index (χ3n) is 7.21. The van der Waals surface area contributed by atoms with Crippen molar-refractivity contribution in [3.63, 3.8) is 0 Å². The second-order valence-corrected chi connectivity index (χ2v) is 10.0. The van der Waals surface area contributed by atoms with E-state index in [4.69, 9.17) is 9.47 Å². The highest BCUT2D eigenvalue weighted by Crippen LogP contribution is 2.35. The molecule has 11 heteroatoms. The van der Waals surface area contributed by atoms with Crippen molar-refractivity contribution in [2.45, 2.75) is 45.3 Å². The molecule has 0 aliphatic carbocycles. The molecule has 41 heavy (non-hydrogen) atoms. The van der Waals surface area contributed by atoms with Gasteiger partial charge in [-0.25, -0.2) is 19.6 Å². The number of nitriles is 1. The highest BCUT2D eigenvalue weighted by Gasteiger charge is 2.23. The summed E-state index contributed by atoms with van der Waals surface area (Å²) in [5.41, 5.74) is 4.02. The minimum Gasteiger partial charge on any atom is -0.495 e. The lowest BCUT2D eigenvalue weighted by Crippen LogP contribution is -2.36. The number of carbonyl (C=O) groups excluding carboxylic acids is 1. The fourth-order valence-corrected chi connectivity index (χ4v) is 4.99. The van der Waals surface area contributed by atoms with Gasteiger partial charge in [0.25, 0.3) is 0 Å². The minimum absolute atomic E-state index is 0.133. The number of nitrogens with zero attached hydrogens (tertiary/aromatic N) is 7. The SMILES string of the molecule is COc1cc(C2CCN(C(C)=O)CC2)ccc1Nc1ncc(-c2ccc(C#N)c(OC(C)Cn3cncn3)c2)cn1. The van der Waals surface area contributed by atoms with Gasteiger partial charge in [-0.15, -0.1) is 0 Å². The molecule has 3 heterocycles. The van der Waals surface area contributed by atoms with E-state index in [1.165, 1.54) is 11.9 Å². The Labute approximate surface area is 238 Å². The number of rotatable bonds is 9. The predicted octanol–water partition coefficient (Wildman–Crippen LogP) is 4.55. The zero-order valence-electron chi connectivity index (χ0n) is 23.3. The van der Waals surface area contributed by atoms with Crippen LogP contribution in [0.5, 0.6) is 11.5 Å². The van der Waals surface area contributed by atoms with Crippen molar-refractivity contribution in [1.29, 1.82) is 5.26 Å². The summed E-state index contributed by atoms with van der Waals surface area (Å²) in [6.45, 7) is 5.59. The lowest BCUT2D eigenvalue weighted by molar-refractivity contribution is -0.129. The van der Waals surface area contributed by atoms with E-state index in [9.17, 15) is 10.1 Å². The standard InChI is InChI=1S/C30H32N8O3/c1-20(17-38-19-32-18-35-38)41-28-12-24(4-5-25(28)14-31)26-15-33-30(34-16-26)36-27-7-6-23(13-29(27)40-3)22-8-10-37(11-9-22)21(2)39/h4-7,12-13,15-16,18-20,22H,8-11,17H2,1-3H3,(H,33,34,36). The van der Waals surface area contributed by atoms with Crippen molar-refractivity contribution in [2.24, 2.45) is 0 Å². The molecule has 1 atom stereocenters. The first-order valence-electron chi connectivity index (χ1n) is 13.5. The van der Waals surface area contributed by atoms with Crippen LogP contribution < -0.4 is 14.8 Å². The number of carbonyl (C=O) groups is 1. The van der Waals surface area contributed by atoms with Crippen LogP contribution >= 0.6 is 0 Å². The van der Waals surface area contributed by atoms with Crippen LogP contribution in [0.3, 0.4) is 0 Å². The quantitative estimate of drug-likeness (QED) is 0.318. The molecule has 11 nitrogen and oxygen atoms in total. The second kappa shape index (κ2) is 12.5. The fraction of sp³-hybridized carbons (Fsp3) is 0.333. The molecule has 1 amide bonds. The summed E-state index contributed by atoms with van der Waals surface area (Å²) in [7, 11) is 1.64. The smallest absolute Gasteiger partial charge is 0.227 e. The van der Waals surface area contributed by atoms with Crippen molar-refractivity contribution in [1.82, 2.24) is 29.6 Å². The van der Waals surface area contributed by atoms with Gasteiger partial charge in [-0.05, 0) is 61.1 Å². The summed E-state index contributed by atoms with van der Waals surface area (Å²) in [4.78, 5) is 26.5. The second-order valence-electron chi connectivity index (χ2n) is 10.0. The molecule has 210 valence electrons. The van der Waals surface area contributed by atoms with E-state index in [2.05, 4.69) is 37.5 Å². The van der Waals surface area contributed by atoms with Gasteiger partial charge in [0.15, 0.2) is 0 Å². The topological polar surface area (TPSA) is 131 Å². The number of hydrogen-bond acceptors (Lipinski definition) is 9. The maximum Gasteiger partial charge on any atom is 0.227 e. The van der Waals surface area contributed by atoms with Crippen LogP contribution in [0.1, 0.15) is 43.7 Å². The van der Waals surface area contributed by atoms with E-state index in [-0.39, 0.29) is 12.0 Å². The van der Waals surface area contributed by atoms with Gasteiger partial charge < -0.3 is 19.7 Å². The van der Waals surface area contributed by atoms with Crippen molar-refractivity contribution < 1.29 is 14.3 Å². The number of anilines is 2. The Morgan fingerprint density at radius 1 is 1.12 bits per heavy atom. The molecule has 4 aromatic rings. The van der Waals surface area contributed by atoms with Crippen LogP contribution in [-0.2, 0) is 11.3 Å². The number of aromatic nitrogens is 5. The lowest BCUT2D eigenvalue weighted by atomic mass is 9.89. The summed E-state index contributed by atoms with van der Waals surface area (Å²) in [6, 6.07) is 13.7. The maximum absolute atomic E-state index is 11.7. The van der Waals surface area contributed by atoms with Gasteiger partial charge in [-0.1, -0.05) is 12.1 Å². The summed E-state index contributed by atoms with van der Waals surface area (Å²) < 4.78 is 13.4. The van der Waals surface area contributed by atoms with Crippen LogP contribution in [0, 0.1) is 11.3 Å². The lowest BCUT2D eigenvalue weighted by Gasteiger charge is -2.31. The fourth-order valence-electron chi connectivity index (χ4n) is 4.99. The molecule has 2 aromatic carbocycles. The van der Waals surface area contributed by atoms with Gasteiger partial charge in [-0.3, -0.25) is 4.79 Å². The van der Waals surface area contributed by atoms with Gasteiger partial charge in [0.05, 0.1) is 24.9 Å². The first kappa shape index (κ1) is 27.6. The number of amides is 1. The number of benzene rings is 2. The van der Waals surface area contributed by atoms with E-state index in [1.54, 1.807) is 43.5 Å². The summed E-state index contributed by atoms with van der Waals surface area (Å²) in [6.07, 6.45) is 8.19. The molecule has 0 radical (unpaired) electrons. The molecule has 1 saturated heterocycles. The number of piperidine rings is 1. The molecule has 1 aliphatic heterocycles. The Bertz CT molecular complexity index is 1520. The van der Waals surface area contributed by atoms with E-state index in [1.807, 2.05) is 36.1 Å². The van der Waals surface area contributed by atoms with Crippen LogP contribution in [0.4, 0.5) is 11.6 Å². The average Bonchev–Trinajstić information content (AvgIpc) is 3.50.